The zero-order valence-corrected chi connectivity index (χ0v) is 8.39. The molecule has 2 aliphatic heterocycles. The molecule has 0 aliphatic carbocycles. The first-order chi connectivity index (χ1) is 6.79. The lowest BCUT2D eigenvalue weighted by Gasteiger charge is -2.28. The van der Waals surface area contributed by atoms with Gasteiger partial charge in [-0.1, -0.05) is 0 Å². The molecule has 2 heterocycles. The van der Waals surface area contributed by atoms with Gasteiger partial charge in [-0.2, -0.15) is 0 Å². The van der Waals surface area contributed by atoms with E-state index in [1.807, 2.05) is 12.5 Å². The van der Waals surface area contributed by atoms with E-state index in [2.05, 4.69) is 16.8 Å². The molecule has 2 rings (SSSR count). The molecule has 1 saturated heterocycles. The molecule has 0 aromatic rings. The van der Waals surface area contributed by atoms with Crippen LogP contribution >= 0.6 is 0 Å². The predicted molar refractivity (Wildman–Crippen MR) is 53.9 cm³/mol. The van der Waals surface area contributed by atoms with Crippen molar-refractivity contribution in [1.82, 2.24) is 4.90 Å². The fraction of sp³-hybridized carbons (Fsp3) is 0.700. The van der Waals surface area contributed by atoms with Crippen molar-refractivity contribution in [3.8, 4) is 0 Å². The lowest BCUT2D eigenvalue weighted by molar-refractivity contribution is -0.0383. The van der Waals surface area contributed by atoms with Crippen molar-refractivity contribution in [2.45, 2.75) is 32.1 Å². The highest BCUT2D eigenvalue weighted by Gasteiger charge is 2.28. The minimum atomic E-state index is 0.0135. The third-order valence-electron chi connectivity index (χ3n) is 2.60. The van der Waals surface area contributed by atoms with Crippen molar-refractivity contribution >= 4 is 6.34 Å². The maximum atomic E-state index is 8.95. The van der Waals surface area contributed by atoms with Gasteiger partial charge in [-0.25, -0.2) is 4.99 Å². The van der Waals surface area contributed by atoms with E-state index in [1.165, 1.54) is 5.57 Å². The molecule has 0 amide bonds. The van der Waals surface area contributed by atoms with E-state index >= 15 is 0 Å². The van der Waals surface area contributed by atoms with Gasteiger partial charge in [-0.15, -0.1) is 0 Å². The standard InChI is InChI=1S/C10H16N2O2/c1-8-4-11-7-12(5-8)10-3-2-9(6-13)14-10/h4,7,9-10,13H,2-3,5-6H2,1H3. The first-order valence-electron chi connectivity index (χ1n) is 5.00. The van der Waals surface area contributed by atoms with Gasteiger partial charge in [0.1, 0.15) is 6.23 Å². The fourth-order valence-electron chi connectivity index (χ4n) is 1.86. The van der Waals surface area contributed by atoms with Crippen LogP contribution in [0, 0.1) is 0 Å². The van der Waals surface area contributed by atoms with Crippen molar-refractivity contribution in [3.05, 3.63) is 11.8 Å². The summed E-state index contributed by atoms with van der Waals surface area (Å²) in [7, 11) is 0. The molecule has 4 nitrogen and oxygen atoms in total. The van der Waals surface area contributed by atoms with Crippen molar-refractivity contribution < 1.29 is 9.84 Å². The number of nitrogens with zero attached hydrogens (tertiary/aromatic N) is 2. The van der Waals surface area contributed by atoms with Gasteiger partial charge < -0.3 is 14.7 Å². The van der Waals surface area contributed by atoms with E-state index in [0.717, 1.165) is 19.4 Å². The van der Waals surface area contributed by atoms with Crippen LogP contribution in [0.15, 0.2) is 16.8 Å². The summed E-state index contributed by atoms with van der Waals surface area (Å²) in [6, 6.07) is 0. The summed E-state index contributed by atoms with van der Waals surface area (Å²) in [5.74, 6) is 0. The Bertz CT molecular complexity index is 263. The van der Waals surface area contributed by atoms with Gasteiger partial charge >= 0.3 is 0 Å². The molecule has 2 aliphatic rings. The molecular formula is C10H16N2O2. The molecule has 0 saturated carbocycles. The van der Waals surface area contributed by atoms with Gasteiger partial charge in [-0.05, 0) is 25.3 Å². The average Bonchev–Trinajstić information content (AvgIpc) is 2.66. The summed E-state index contributed by atoms with van der Waals surface area (Å²) in [6.07, 6.45) is 5.71. The van der Waals surface area contributed by atoms with Crippen LogP contribution in [0.5, 0.6) is 0 Å². The highest BCUT2D eigenvalue weighted by molar-refractivity contribution is 5.58. The van der Waals surface area contributed by atoms with Crippen molar-refractivity contribution in [2.24, 2.45) is 4.99 Å². The van der Waals surface area contributed by atoms with Crippen LogP contribution < -0.4 is 0 Å². The molecule has 0 bridgehead atoms. The van der Waals surface area contributed by atoms with Crippen LogP contribution in [0.25, 0.3) is 0 Å². The van der Waals surface area contributed by atoms with E-state index in [9.17, 15) is 0 Å². The van der Waals surface area contributed by atoms with Crippen molar-refractivity contribution in [2.75, 3.05) is 13.2 Å². The number of aliphatic imine (C=N–C) groups is 1. The number of hydrogen-bond donors (Lipinski definition) is 1. The van der Waals surface area contributed by atoms with Crippen molar-refractivity contribution in [3.63, 3.8) is 0 Å². The summed E-state index contributed by atoms with van der Waals surface area (Å²) < 4.78 is 5.66. The Balaban J connectivity index is 1.91. The van der Waals surface area contributed by atoms with Gasteiger partial charge in [0.25, 0.3) is 0 Å². The molecule has 78 valence electrons. The molecule has 14 heavy (non-hydrogen) atoms. The summed E-state index contributed by atoms with van der Waals surface area (Å²) in [4.78, 5) is 6.22. The second-order valence-corrected chi connectivity index (χ2v) is 3.88. The molecule has 2 unspecified atom stereocenters. The number of ether oxygens (including phenoxy) is 1. The molecule has 0 radical (unpaired) electrons. The molecular weight excluding hydrogens is 180 g/mol. The lowest BCUT2D eigenvalue weighted by Crippen LogP contribution is -2.37. The van der Waals surface area contributed by atoms with E-state index < -0.39 is 0 Å². The largest absolute Gasteiger partial charge is 0.394 e. The zero-order chi connectivity index (χ0) is 9.97. The number of hydrogen-bond acceptors (Lipinski definition) is 4. The van der Waals surface area contributed by atoms with Crippen LogP contribution in [0.4, 0.5) is 0 Å². The molecule has 0 aromatic carbocycles. The Hall–Kier alpha value is -0.870. The Kier molecular flexibility index (Phi) is 2.84. The second kappa shape index (κ2) is 4.11. The first kappa shape index (κ1) is 9.68. The monoisotopic (exact) mass is 196 g/mol. The number of aliphatic hydroxyl groups excluding tert-OH is 1. The van der Waals surface area contributed by atoms with E-state index in [1.54, 1.807) is 0 Å². The van der Waals surface area contributed by atoms with Crippen LogP contribution in [0.3, 0.4) is 0 Å². The zero-order valence-electron chi connectivity index (χ0n) is 8.39. The Morgan fingerprint density at radius 2 is 2.50 bits per heavy atom. The normalized spacial score (nSPS) is 32.1. The summed E-state index contributed by atoms with van der Waals surface area (Å²) in [5, 5.41) is 8.95. The van der Waals surface area contributed by atoms with Crippen LogP contribution in [-0.2, 0) is 4.74 Å². The van der Waals surface area contributed by atoms with E-state index in [4.69, 9.17) is 9.84 Å². The Labute approximate surface area is 83.9 Å². The van der Waals surface area contributed by atoms with Gasteiger partial charge in [0.2, 0.25) is 0 Å². The summed E-state index contributed by atoms with van der Waals surface area (Å²) in [6.45, 7) is 3.06. The average molecular weight is 196 g/mol. The van der Waals surface area contributed by atoms with E-state index in [-0.39, 0.29) is 18.9 Å². The highest BCUT2D eigenvalue weighted by Crippen LogP contribution is 2.23. The van der Waals surface area contributed by atoms with Crippen LogP contribution in [0.1, 0.15) is 19.8 Å². The lowest BCUT2D eigenvalue weighted by atomic mass is 10.2. The third kappa shape index (κ3) is 1.96. The fourth-order valence-corrected chi connectivity index (χ4v) is 1.86. The molecule has 2 atom stereocenters. The third-order valence-corrected chi connectivity index (χ3v) is 2.60. The van der Waals surface area contributed by atoms with Gasteiger partial charge in [0.05, 0.1) is 19.0 Å². The Morgan fingerprint density at radius 3 is 3.14 bits per heavy atom. The predicted octanol–water partition coefficient (Wildman–Crippen LogP) is 0.732. The van der Waals surface area contributed by atoms with Crippen molar-refractivity contribution in [1.29, 1.82) is 0 Å². The first-order valence-corrected chi connectivity index (χ1v) is 5.00. The summed E-state index contributed by atoms with van der Waals surface area (Å²) in [5.41, 5.74) is 1.24. The van der Waals surface area contributed by atoms with Gasteiger partial charge in [0, 0.05) is 12.7 Å². The highest BCUT2D eigenvalue weighted by atomic mass is 16.5. The molecule has 4 heteroatoms. The molecule has 0 spiro atoms. The minimum Gasteiger partial charge on any atom is -0.394 e. The summed E-state index contributed by atoms with van der Waals surface area (Å²) >= 11 is 0. The number of rotatable bonds is 2. The molecule has 0 aromatic heterocycles. The molecule has 1 N–H and O–H groups in total. The minimum absolute atomic E-state index is 0.0135. The topological polar surface area (TPSA) is 45.1 Å². The quantitative estimate of drug-likeness (QED) is 0.708. The SMILES string of the molecule is CC1=CN=CN(C2CCC(CO)O2)C1. The maximum Gasteiger partial charge on any atom is 0.131 e. The van der Waals surface area contributed by atoms with Gasteiger partial charge in [0.15, 0.2) is 0 Å². The van der Waals surface area contributed by atoms with Gasteiger partial charge in [-0.3, -0.25) is 0 Å². The van der Waals surface area contributed by atoms with Crippen LogP contribution in [-0.4, -0.2) is 41.8 Å². The van der Waals surface area contributed by atoms with Crippen LogP contribution in [0.2, 0.25) is 0 Å². The van der Waals surface area contributed by atoms with E-state index in [0.29, 0.717) is 0 Å². The number of aliphatic hydroxyl groups is 1. The molecule has 1 fully saturated rings. The maximum absolute atomic E-state index is 8.95. The second-order valence-electron chi connectivity index (χ2n) is 3.88. The smallest absolute Gasteiger partial charge is 0.131 e. The Morgan fingerprint density at radius 1 is 1.64 bits per heavy atom.